The zero-order valence-electron chi connectivity index (χ0n) is 11.7. The molecule has 1 unspecified atom stereocenters. The van der Waals surface area contributed by atoms with Crippen molar-refractivity contribution in [3.63, 3.8) is 0 Å². The number of likely N-dealkylation sites (tertiary alicyclic amines) is 1. The third-order valence-electron chi connectivity index (χ3n) is 3.84. The van der Waals surface area contributed by atoms with E-state index in [0.29, 0.717) is 0 Å². The van der Waals surface area contributed by atoms with Crippen molar-refractivity contribution in [1.82, 2.24) is 4.90 Å². The summed E-state index contributed by atoms with van der Waals surface area (Å²) in [6.07, 6.45) is 3.63. The third kappa shape index (κ3) is 4.11. The molecule has 18 heavy (non-hydrogen) atoms. The van der Waals surface area contributed by atoms with Crippen LogP contribution in [-0.4, -0.2) is 30.1 Å². The topological polar surface area (TPSA) is 29.3 Å². The molecular formula is C16H26N2. The summed E-state index contributed by atoms with van der Waals surface area (Å²) in [4.78, 5) is 2.59. The Kier molecular flexibility index (Phi) is 4.41. The van der Waals surface area contributed by atoms with Crippen LogP contribution in [0.5, 0.6) is 0 Å². The molecule has 0 aromatic heterocycles. The van der Waals surface area contributed by atoms with Gasteiger partial charge >= 0.3 is 0 Å². The van der Waals surface area contributed by atoms with E-state index in [2.05, 4.69) is 49.1 Å². The van der Waals surface area contributed by atoms with Gasteiger partial charge in [-0.05, 0) is 57.7 Å². The van der Waals surface area contributed by atoms with Crippen molar-refractivity contribution < 1.29 is 0 Å². The zero-order chi connectivity index (χ0) is 13.0. The highest BCUT2D eigenvalue weighted by Crippen LogP contribution is 2.27. The number of nitrogens with two attached hydrogens (primary N) is 1. The van der Waals surface area contributed by atoms with Gasteiger partial charge in [0.2, 0.25) is 0 Å². The van der Waals surface area contributed by atoms with Gasteiger partial charge in [-0.1, -0.05) is 30.3 Å². The summed E-state index contributed by atoms with van der Waals surface area (Å²) >= 11 is 0. The van der Waals surface area contributed by atoms with Crippen LogP contribution in [0.1, 0.15) is 44.6 Å². The standard InChI is InChI=1S/C16H26N2/c1-16(2,17)10-6-11-18-12-9-15(13-18)14-7-4-3-5-8-14/h3-5,7-8,15H,6,9-13,17H2,1-2H3. The van der Waals surface area contributed by atoms with Crippen LogP contribution in [0.25, 0.3) is 0 Å². The van der Waals surface area contributed by atoms with E-state index in [1.807, 2.05) is 0 Å². The van der Waals surface area contributed by atoms with Gasteiger partial charge in [-0.25, -0.2) is 0 Å². The van der Waals surface area contributed by atoms with Gasteiger partial charge in [0.05, 0.1) is 0 Å². The SMILES string of the molecule is CC(C)(N)CCCN1CCC(c2ccccc2)C1. The van der Waals surface area contributed by atoms with E-state index in [-0.39, 0.29) is 5.54 Å². The Morgan fingerprint density at radius 2 is 2.00 bits per heavy atom. The molecule has 1 aliphatic rings. The molecule has 0 amide bonds. The molecular weight excluding hydrogens is 220 g/mol. The lowest BCUT2D eigenvalue weighted by molar-refractivity contribution is 0.309. The predicted molar refractivity (Wildman–Crippen MR) is 77.7 cm³/mol. The monoisotopic (exact) mass is 246 g/mol. The fourth-order valence-corrected chi connectivity index (χ4v) is 2.79. The van der Waals surface area contributed by atoms with Crippen molar-refractivity contribution in [1.29, 1.82) is 0 Å². The van der Waals surface area contributed by atoms with Gasteiger partial charge in [-0.3, -0.25) is 0 Å². The molecule has 1 fully saturated rings. The molecule has 0 aliphatic carbocycles. The van der Waals surface area contributed by atoms with E-state index in [4.69, 9.17) is 5.73 Å². The molecule has 1 heterocycles. The number of nitrogens with zero attached hydrogens (tertiary/aromatic N) is 1. The fourth-order valence-electron chi connectivity index (χ4n) is 2.79. The quantitative estimate of drug-likeness (QED) is 0.865. The molecule has 0 saturated carbocycles. The first-order chi connectivity index (χ1) is 8.54. The highest BCUT2D eigenvalue weighted by atomic mass is 15.1. The van der Waals surface area contributed by atoms with Gasteiger partial charge in [0.1, 0.15) is 0 Å². The van der Waals surface area contributed by atoms with Crippen molar-refractivity contribution in [3.05, 3.63) is 35.9 Å². The molecule has 100 valence electrons. The molecule has 2 nitrogen and oxygen atoms in total. The van der Waals surface area contributed by atoms with Gasteiger partial charge in [0.15, 0.2) is 0 Å². The van der Waals surface area contributed by atoms with Crippen molar-refractivity contribution in [2.45, 2.75) is 44.6 Å². The normalized spacial score (nSPS) is 21.4. The van der Waals surface area contributed by atoms with E-state index >= 15 is 0 Å². The van der Waals surface area contributed by atoms with Crippen molar-refractivity contribution in [3.8, 4) is 0 Å². The van der Waals surface area contributed by atoms with Gasteiger partial charge in [0.25, 0.3) is 0 Å². The van der Waals surface area contributed by atoms with Gasteiger partial charge < -0.3 is 10.6 Å². The third-order valence-corrected chi connectivity index (χ3v) is 3.84. The average Bonchev–Trinajstić information content (AvgIpc) is 2.77. The molecule has 0 spiro atoms. The Balaban J connectivity index is 1.76. The van der Waals surface area contributed by atoms with E-state index in [9.17, 15) is 0 Å². The summed E-state index contributed by atoms with van der Waals surface area (Å²) in [6, 6.07) is 10.9. The Bertz CT molecular complexity index is 353. The lowest BCUT2D eigenvalue weighted by Crippen LogP contribution is -2.33. The van der Waals surface area contributed by atoms with Crippen LogP contribution in [0.4, 0.5) is 0 Å². The highest BCUT2D eigenvalue weighted by Gasteiger charge is 2.23. The zero-order valence-corrected chi connectivity index (χ0v) is 11.7. The first-order valence-electron chi connectivity index (χ1n) is 7.11. The number of rotatable bonds is 5. The van der Waals surface area contributed by atoms with Crippen LogP contribution in [0.3, 0.4) is 0 Å². The molecule has 2 rings (SSSR count). The van der Waals surface area contributed by atoms with Crippen LogP contribution in [0, 0.1) is 0 Å². The van der Waals surface area contributed by atoms with Crippen LogP contribution < -0.4 is 5.73 Å². The lowest BCUT2D eigenvalue weighted by Gasteiger charge is -2.21. The van der Waals surface area contributed by atoms with Gasteiger partial charge in [0, 0.05) is 12.1 Å². The van der Waals surface area contributed by atoms with Crippen molar-refractivity contribution >= 4 is 0 Å². The van der Waals surface area contributed by atoms with E-state index in [0.717, 1.165) is 12.3 Å². The molecule has 2 N–H and O–H groups in total. The van der Waals surface area contributed by atoms with Crippen LogP contribution in [0.15, 0.2) is 30.3 Å². The van der Waals surface area contributed by atoms with Crippen LogP contribution in [0.2, 0.25) is 0 Å². The Morgan fingerprint density at radius 1 is 1.28 bits per heavy atom. The highest BCUT2D eigenvalue weighted by molar-refractivity contribution is 5.20. The second-order valence-electron chi connectivity index (χ2n) is 6.29. The first kappa shape index (κ1) is 13.6. The van der Waals surface area contributed by atoms with E-state index < -0.39 is 0 Å². The summed E-state index contributed by atoms with van der Waals surface area (Å²) in [5, 5.41) is 0. The molecule has 1 aromatic rings. The molecule has 2 heteroatoms. The second-order valence-corrected chi connectivity index (χ2v) is 6.29. The maximum atomic E-state index is 6.02. The molecule has 1 saturated heterocycles. The summed E-state index contributed by atoms with van der Waals surface area (Å²) < 4.78 is 0. The average molecular weight is 246 g/mol. The summed E-state index contributed by atoms with van der Waals surface area (Å²) in [7, 11) is 0. The molecule has 1 aromatic carbocycles. The summed E-state index contributed by atoms with van der Waals surface area (Å²) in [5.41, 5.74) is 7.50. The molecule has 1 aliphatic heterocycles. The Labute approximate surface area is 111 Å². The van der Waals surface area contributed by atoms with Gasteiger partial charge in [-0.15, -0.1) is 0 Å². The minimum atomic E-state index is -0.0153. The first-order valence-corrected chi connectivity index (χ1v) is 7.11. The molecule has 0 radical (unpaired) electrons. The summed E-state index contributed by atoms with van der Waals surface area (Å²) in [6.45, 7) is 7.89. The number of benzene rings is 1. The molecule has 1 atom stereocenters. The van der Waals surface area contributed by atoms with Crippen molar-refractivity contribution in [2.24, 2.45) is 5.73 Å². The minimum absolute atomic E-state index is 0.0153. The summed E-state index contributed by atoms with van der Waals surface area (Å²) in [5.74, 6) is 0.733. The number of hydrogen-bond donors (Lipinski definition) is 1. The Hall–Kier alpha value is -0.860. The second kappa shape index (κ2) is 5.85. The van der Waals surface area contributed by atoms with E-state index in [1.54, 1.807) is 0 Å². The minimum Gasteiger partial charge on any atom is -0.326 e. The fraction of sp³-hybridized carbons (Fsp3) is 0.625. The largest absolute Gasteiger partial charge is 0.326 e. The van der Waals surface area contributed by atoms with Crippen LogP contribution >= 0.6 is 0 Å². The maximum absolute atomic E-state index is 6.02. The van der Waals surface area contributed by atoms with Gasteiger partial charge in [-0.2, -0.15) is 0 Å². The van der Waals surface area contributed by atoms with E-state index in [1.165, 1.54) is 38.0 Å². The molecule has 0 bridgehead atoms. The van der Waals surface area contributed by atoms with Crippen molar-refractivity contribution in [2.75, 3.05) is 19.6 Å². The predicted octanol–water partition coefficient (Wildman–Crippen LogP) is 2.99. The maximum Gasteiger partial charge on any atom is 0.00975 e. The van der Waals surface area contributed by atoms with Crippen LogP contribution in [-0.2, 0) is 0 Å². The number of hydrogen-bond acceptors (Lipinski definition) is 2. The smallest absolute Gasteiger partial charge is 0.00975 e. The lowest BCUT2D eigenvalue weighted by atomic mass is 9.98. The Morgan fingerprint density at radius 3 is 2.67 bits per heavy atom.